The molecule has 0 aliphatic carbocycles. The Labute approximate surface area is 87.0 Å². The van der Waals surface area contributed by atoms with Crippen molar-refractivity contribution < 1.29 is 9.25 Å². The lowest BCUT2D eigenvalue weighted by atomic mass is 10.3. The predicted octanol–water partition coefficient (Wildman–Crippen LogP) is 2.75. The van der Waals surface area contributed by atoms with E-state index >= 15 is 0 Å². The molecule has 12 heavy (non-hydrogen) atoms. The highest BCUT2D eigenvalue weighted by Crippen LogP contribution is 2.17. The fraction of sp³-hybridized carbons (Fsp3) is 0.286. The first-order valence-electron chi connectivity index (χ1n) is 3.18. The largest absolute Gasteiger partial charge is 0.463 e. The number of furan rings is 1. The Kier molecular flexibility index (Phi) is 3.81. The third-order valence-electron chi connectivity index (χ3n) is 1.17. The van der Waals surface area contributed by atoms with Crippen molar-refractivity contribution in [3.63, 3.8) is 0 Å². The van der Waals surface area contributed by atoms with Crippen LogP contribution in [-0.2, 0) is 4.84 Å². The van der Waals surface area contributed by atoms with E-state index in [0.29, 0.717) is 11.5 Å². The molecule has 0 aromatic carbocycles. The summed E-state index contributed by atoms with van der Waals surface area (Å²) < 4.78 is 5.07. The highest BCUT2D eigenvalue weighted by molar-refractivity contribution is 9.25. The SMILES string of the molecule is CO/N=C(\c1ccco1)C(Br)Br. The summed E-state index contributed by atoms with van der Waals surface area (Å²) in [7, 11) is 1.49. The van der Waals surface area contributed by atoms with Gasteiger partial charge < -0.3 is 9.25 Å². The van der Waals surface area contributed by atoms with Crippen molar-refractivity contribution in [2.45, 2.75) is 3.74 Å². The van der Waals surface area contributed by atoms with E-state index in [9.17, 15) is 0 Å². The van der Waals surface area contributed by atoms with Gasteiger partial charge in [-0.05, 0) is 12.1 Å². The lowest BCUT2D eigenvalue weighted by Gasteiger charge is -2.01. The van der Waals surface area contributed by atoms with Crippen LogP contribution < -0.4 is 0 Å². The number of hydrogen-bond acceptors (Lipinski definition) is 3. The molecule has 0 aliphatic rings. The molecule has 0 aliphatic heterocycles. The van der Waals surface area contributed by atoms with E-state index in [4.69, 9.17) is 4.42 Å². The van der Waals surface area contributed by atoms with Gasteiger partial charge in [0.2, 0.25) is 0 Å². The zero-order valence-corrected chi connectivity index (χ0v) is 9.50. The van der Waals surface area contributed by atoms with Crippen molar-refractivity contribution in [2.24, 2.45) is 5.16 Å². The lowest BCUT2D eigenvalue weighted by molar-refractivity contribution is 0.213. The van der Waals surface area contributed by atoms with Crippen LogP contribution in [0.2, 0.25) is 0 Å². The van der Waals surface area contributed by atoms with Gasteiger partial charge in [0.15, 0.2) is 5.76 Å². The molecule has 0 saturated carbocycles. The molecule has 0 spiro atoms. The first-order chi connectivity index (χ1) is 5.75. The van der Waals surface area contributed by atoms with Crippen molar-refractivity contribution in [2.75, 3.05) is 7.11 Å². The molecule has 1 aromatic heterocycles. The first kappa shape index (κ1) is 9.80. The summed E-state index contributed by atoms with van der Waals surface area (Å²) in [6.07, 6.45) is 1.59. The molecule has 0 bridgehead atoms. The Bertz CT molecular complexity index is 256. The van der Waals surface area contributed by atoms with Gasteiger partial charge >= 0.3 is 0 Å². The van der Waals surface area contributed by atoms with Gasteiger partial charge in [-0.3, -0.25) is 0 Å². The van der Waals surface area contributed by atoms with Crippen LogP contribution in [0.5, 0.6) is 0 Å². The molecule has 0 atom stereocenters. The van der Waals surface area contributed by atoms with Crippen LogP contribution in [0.1, 0.15) is 5.76 Å². The summed E-state index contributed by atoms with van der Waals surface area (Å²) in [6, 6.07) is 3.61. The lowest BCUT2D eigenvalue weighted by Crippen LogP contribution is -2.08. The minimum Gasteiger partial charge on any atom is -0.463 e. The van der Waals surface area contributed by atoms with E-state index in [-0.39, 0.29) is 3.74 Å². The monoisotopic (exact) mass is 295 g/mol. The maximum absolute atomic E-state index is 5.14. The van der Waals surface area contributed by atoms with Crippen LogP contribution >= 0.6 is 31.9 Å². The van der Waals surface area contributed by atoms with Crippen molar-refractivity contribution in [3.8, 4) is 0 Å². The Balaban J connectivity index is 2.88. The van der Waals surface area contributed by atoms with E-state index in [1.807, 2.05) is 6.07 Å². The average Bonchev–Trinajstić information content (AvgIpc) is 2.51. The van der Waals surface area contributed by atoms with Gasteiger partial charge in [-0.15, -0.1) is 0 Å². The number of rotatable bonds is 3. The Morgan fingerprint density at radius 2 is 2.42 bits per heavy atom. The summed E-state index contributed by atoms with van der Waals surface area (Å²) in [5, 5.41) is 3.80. The number of halogens is 2. The van der Waals surface area contributed by atoms with Gasteiger partial charge in [-0.25, -0.2) is 0 Å². The topological polar surface area (TPSA) is 34.7 Å². The summed E-state index contributed by atoms with van der Waals surface area (Å²) in [5.41, 5.74) is 0.669. The van der Waals surface area contributed by atoms with Gasteiger partial charge in [0.1, 0.15) is 16.6 Å². The second kappa shape index (κ2) is 4.67. The van der Waals surface area contributed by atoms with Gasteiger partial charge in [0.25, 0.3) is 0 Å². The molecule has 0 fully saturated rings. The van der Waals surface area contributed by atoms with Gasteiger partial charge in [-0.1, -0.05) is 37.0 Å². The van der Waals surface area contributed by atoms with Crippen molar-refractivity contribution in [3.05, 3.63) is 24.2 Å². The van der Waals surface area contributed by atoms with E-state index in [1.54, 1.807) is 12.3 Å². The number of nitrogens with zero attached hydrogens (tertiary/aromatic N) is 1. The third kappa shape index (κ3) is 2.35. The predicted molar refractivity (Wildman–Crippen MR) is 53.9 cm³/mol. The molecule has 0 amide bonds. The number of oxime groups is 1. The minimum atomic E-state index is -0.0731. The molecule has 66 valence electrons. The number of alkyl halides is 2. The van der Waals surface area contributed by atoms with Crippen LogP contribution in [0.15, 0.2) is 28.0 Å². The summed E-state index contributed by atoms with van der Waals surface area (Å²) in [5.74, 6) is 0.676. The normalized spacial score (nSPS) is 12.2. The van der Waals surface area contributed by atoms with Crippen LogP contribution in [0.3, 0.4) is 0 Å². The Morgan fingerprint density at radius 3 is 2.83 bits per heavy atom. The Hall–Kier alpha value is -0.290. The molecule has 0 unspecified atom stereocenters. The quantitative estimate of drug-likeness (QED) is 0.488. The molecule has 1 rings (SSSR count). The third-order valence-corrected chi connectivity index (χ3v) is 2.04. The van der Waals surface area contributed by atoms with Crippen molar-refractivity contribution in [1.82, 2.24) is 0 Å². The fourth-order valence-electron chi connectivity index (χ4n) is 0.715. The van der Waals surface area contributed by atoms with Gasteiger partial charge in [-0.2, -0.15) is 0 Å². The van der Waals surface area contributed by atoms with Crippen LogP contribution in [0, 0.1) is 0 Å². The van der Waals surface area contributed by atoms with E-state index in [0.717, 1.165) is 0 Å². The standard InChI is InChI=1S/C7H7Br2NO2/c1-11-10-6(7(8)9)5-3-2-4-12-5/h2-4,7H,1H3/b10-6+. The van der Waals surface area contributed by atoms with Crippen LogP contribution in [0.4, 0.5) is 0 Å². The van der Waals surface area contributed by atoms with Crippen molar-refractivity contribution in [1.29, 1.82) is 0 Å². The zero-order valence-electron chi connectivity index (χ0n) is 6.33. The molecule has 0 N–H and O–H groups in total. The smallest absolute Gasteiger partial charge is 0.153 e. The van der Waals surface area contributed by atoms with Crippen LogP contribution in [0.25, 0.3) is 0 Å². The van der Waals surface area contributed by atoms with E-state index < -0.39 is 0 Å². The fourth-order valence-corrected chi connectivity index (χ4v) is 1.33. The minimum absolute atomic E-state index is 0.0731. The van der Waals surface area contributed by atoms with Crippen LogP contribution in [-0.4, -0.2) is 16.6 Å². The van der Waals surface area contributed by atoms with Crippen molar-refractivity contribution >= 4 is 37.6 Å². The molecule has 3 nitrogen and oxygen atoms in total. The van der Waals surface area contributed by atoms with E-state index in [2.05, 4.69) is 41.9 Å². The molecule has 1 heterocycles. The molecule has 0 saturated heterocycles. The molecule has 5 heteroatoms. The molecular formula is C7H7Br2NO2. The average molecular weight is 297 g/mol. The Morgan fingerprint density at radius 1 is 1.67 bits per heavy atom. The second-order valence-electron chi connectivity index (χ2n) is 1.94. The second-order valence-corrected chi connectivity index (χ2v) is 5.00. The number of hydrogen-bond donors (Lipinski definition) is 0. The molecular weight excluding hydrogens is 290 g/mol. The van der Waals surface area contributed by atoms with E-state index in [1.165, 1.54) is 7.11 Å². The summed E-state index contributed by atoms with van der Waals surface area (Å²) >= 11 is 6.62. The highest BCUT2D eigenvalue weighted by atomic mass is 79.9. The summed E-state index contributed by atoms with van der Waals surface area (Å²) in [4.78, 5) is 4.66. The highest BCUT2D eigenvalue weighted by Gasteiger charge is 2.14. The summed E-state index contributed by atoms with van der Waals surface area (Å²) in [6.45, 7) is 0. The first-order valence-corrected chi connectivity index (χ1v) is 5.02. The van der Waals surface area contributed by atoms with Gasteiger partial charge in [0.05, 0.1) is 6.26 Å². The maximum atomic E-state index is 5.14. The maximum Gasteiger partial charge on any atom is 0.153 e. The zero-order chi connectivity index (χ0) is 8.97. The van der Waals surface area contributed by atoms with Gasteiger partial charge in [0, 0.05) is 0 Å². The molecule has 0 radical (unpaired) electrons. The molecule has 1 aromatic rings.